The van der Waals surface area contributed by atoms with Crippen molar-refractivity contribution in [1.82, 2.24) is 9.80 Å². The van der Waals surface area contributed by atoms with E-state index in [0.29, 0.717) is 23.2 Å². The summed E-state index contributed by atoms with van der Waals surface area (Å²) in [6.07, 6.45) is 4.21. The van der Waals surface area contributed by atoms with E-state index < -0.39 is 0 Å². The second-order valence-corrected chi connectivity index (χ2v) is 12.1. The molecule has 0 bridgehead atoms. The highest BCUT2D eigenvalue weighted by molar-refractivity contribution is 5.82. The molecular weight excluding hydrogens is 360 g/mol. The third-order valence-electron chi connectivity index (χ3n) is 7.94. The number of nitrogens with zero attached hydrogens (tertiary/aromatic N) is 2. The summed E-state index contributed by atoms with van der Waals surface area (Å²) in [5, 5.41) is 0. The van der Waals surface area contributed by atoms with E-state index in [4.69, 9.17) is 0 Å². The minimum Gasteiger partial charge on any atom is -0.342 e. The van der Waals surface area contributed by atoms with Crippen molar-refractivity contribution in [2.24, 2.45) is 34.0 Å². The lowest BCUT2D eigenvalue weighted by atomic mass is 9.71. The summed E-state index contributed by atoms with van der Waals surface area (Å²) in [6.45, 7) is 23.1. The Kier molecular flexibility index (Phi) is 7.17. The number of rotatable bonds is 6. The molecule has 168 valence electrons. The fourth-order valence-corrected chi connectivity index (χ4v) is 5.03. The van der Waals surface area contributed by atoms with Gasteiger partial charge in [-0.1, -0.05) is 62.3 Å². The van der Waals surface area contributed by atoms with E-state index in [1.54, 1.807) is 0 Å². The quantitative estimate of drug-likeness (QED) is 0.607. The summed E-state index contributed by atoms with van der Waals surface area (Å²) < 4.78 is 0. The summed E-state index contributed by atoms with van der Waals surface area (Å²) in [7, 11) is 0. The van der Waals surface area contributed by atoms with Gasteiger partial charge in [0.05, 0.1) is 0 Å². The summed E-state index contributed by atoms with van der Waals surface area (Å²) in [5.74, 6) is 1.86. The minimum absolute atomic E-state index is 0.0981. The van der Waals surface area contributed by atoms with E-state index in [9.17, 15) is 9.59 Å². The van der Waals surface area contributed by atoms with E-state index in [0.717, 1.165) is 51.9 Å². The Balaban J connectivity index is 1.87. The van der Waals surface area contributed by atoms with E-state index in [-0.39, 0.29) is 22.7 Å². The first kappa shape index (κ1) is 24.2. The monoisotopic (exact) mass is 406 g/mol. The van der Waals surface area contributed by atoms with Crippen LogP contribution in [0.2, 0.25) is 0 Å². The van der Waals surface area contributed by atoms with Crippen molar-refractivity contribution in [1.29, 1.82) is 0 Å². The normalized spacial score (nSPS) is 25.7. The van der Waals surface area contributed by atoms with Crippen LogP contribution in [0.3, 0.4) is 0 Å². The van der Waals surface area contributed by atoms with Crippen molar-refractivity contribution in [2.75, 3.05) is 26.2 Å². The highest BCUT2D eigenvalue weighted by atomic mass is 16.2. The molecule has 0 aromatic rings. The predicted molar refractivity (Wildman–Crippen MR) is 120 cm³/mol. The molecule has 0 aromatic carbocycles. The van der Waals surface area contributed by atoms with E-state index in [2.05, 4.69) is 51.3 Å². The maximum absolute atomic E-state index is 12.8. The molecule has 0 radical (unpaired) electrons. The van der Waals surface area contributed by atoms with Crippen LogP contribution in [0.4, 0.5) is 0 Å². The first-order valence-corrected chi connectivity index (χ1v) is 11.8. The summed E-state index contributed by atoms with van der Waals surface area (Å²) in [5.41, 5.74) is 0.189. The van der Waals surface area contributed by atoms with Crippen LogP contribution >= 0.6 is 0 Å². The molecule has 0 N–H and O–H groups in total. The van der Waals surface area contributed by atoms with Crippen LogP contribution in [0.15, 0.2) is 0 Å². The molecule has 2 heterocycles. The molecule has 2 rings (SSSR count). The zero-order valence-electron chi connectivity index (χ0n) is 20.6. The zero-order valence-corrected chi connectivity index (χ0v) is 20.6. The lowest BCUT2D eigenvalue weighted by molar-refractivity contribution is -0.144. The molecule has 2 fully saturated rings. The Morgan fingerprint density at radius 2 is 1.59 bits per heavy atom. The Hall–Kier alpha value is -1.06. The van der Waals surface area contributed by atoms with E-state index in [1.807, 2.05) is 20.8 Å². The molecule has 2 aliphatic heterocycles. The Bertz CT molecular complexity index is 595. The van der Waals surface area contributed by atoms with Crippen LogP contribution in [-0.2, 0) is 9.59 Å². The Labute approximate surface area is 179 Å². The highest BCUT2D eigenvalue weighted by Crippen LogP contribution is 2.44. The molecule has 2 saturated heterocycles. The fraction of sp³-hybridized carbons (Fsp3) is 0.920. The molecule has 0 saturated carbocycles. The first-order chi connectivity index (χ1) is 13.2. The van der Waals surface area contributed by atoms with Crippen LogP contribution < -0.4 is 0 Å². The van der Waals surface area contributed by atoms with Crippen LogP contribution in [0.1, 0.15) is 88.0 Å². The van der Waals surface area contributed by atoms with Gasteiger partial charge >= 0.3 is 0 Å². The molecule has 2 amide bonds. The third-order valence-corrected chi connectivity index (χ3v) is 7.94. The topological polar surface area (TPSA) is 40.6 Å². The molecule has 0 aliphatic carbocycles. The molecule has 4 nitrogen and oxygen atoms in total. The summed E-state index contributed by atoms with van der Waals surface area (Å²) in [4.78, 5) is 29.7. The van der Waals surface area contributed by atoms with E-state index in [1.165, 1.54) is 0 Å². The average molecular weight is 407 g/mol. The van der Waals surface area contributed by atoms with Crippen molar-refractivity contribution in [3.05, 3.63) is 0 Å². The Morgan fingerprint density at radius 1 is 1.00 bits per heavy atom. The molecule has 3 unspecified atom stereocenters. The van der Waals surface area contributed by atoms with Gasteiger partial charge in [0.1, 0.15) is 0 Å². The molecule has 0 aromatic heterocycles. The van der Waals surface area contributed by atoms with Gasteiger partial charge in [0, 0.05) is 37.5 Å². The summed E-state index contributed by atoms with van der Waals surface area (Å²) >= 11 is 0. The van der Waals surface area contributed by atoms with Gasteiger partial charge in [0.2, 0.25) is 11.8 Å². The van der Waals surface area contributed by atoms with Crippen LogP contribution in [0, 0.1) is 34.0 Å². The SMILES string of the molecule is CCC1(C(C)CCC(C)C(=O)N2CC(C(C)(C)C)C2)CCN(C(=O)C(C)(C)C)C1. The van der Waals surface area contributed by atoms with Crippen LogP contribution in [0.25, 0.3) is 0 Å². The number of carbonyl (C=O) groups is 2. The standard InChI is InChI=1S/C25H46N2O2/c1-10-25(13-14-26(17-25)22(29)24(7,8)9)19(3)12-11-18(2)21(28)27-15-20(16-27)23(4,5)6/h18-20H,10-17H2,1-9H3. The van der Waals surface area contributed by atoms with Gasteiger partial charge in [0.15, 0.2) is 0 Å². The molecule has 4 heteroatoms. The third kappa shape index (κ3) is 5.35. The van der Waals surface area contributed by atoms with Gasteiger partial charge < -0.3 is 9.80 Å². The molecule has 0 spiro atoms. The predicted octanol–water partition coefficient (Wildman–Crippen LogP) is 5.22. The zero-order chi connectivity index (χ0) is 22.2. The number of hydrogen-bond donors (Lipinski definition) is 0. The molecule has 3 atom stereocenters. The molecular formula is C25H46N2O2. The van der Waals surface area contributed by atoms with E-state index >= 15 is 0 Å². The van der Waals surface area contributed by atoms with Gasteiger partial charge in [-0.05, 0) is 48.3 Å². The highest BCUT2D eigenvalue weighted by Gasteiger charge is 2.44. The lowest BCUT2D eigenvalue weighted by Gasteiger charge is -2.47. The lowest BCUT2D eigenvalue weighted by Crippen LogP contribution is -2.55. The van der Waals surface area contributed by atoms with Gasteiger partial charge in [-0.25, -0.2) is 0 Å². The van der Waals surface area contributed by atoms with Gasteiger partial charge in [0.25, 0.3) is 0 Å². The van der Waals surface area contributed by atoms with Crippen LogP contribution in [-0.4, -0.2) is 47.8 Å². The second-order valence-electron chi connectivity index (χ2n) is 12.1. The summed E-state index contributed by atoms with van der Waals surface area (Å²) in [6, 6.07) is 0. The fourth-order valence-electron chi connectivity index (χ4n) is 5.03. The van der Waals surface area contributed by atoms with Crippen molar-refractivity contribution in [3.63, 3.8) is 0 Å². The van der Waals surface area contributed by atoms with Crippen LogP contribution in [0.5, 0.6) is 0 Å². The van der Waals surface area contributed by atoms with Gasteiger partial charge in [-0.15, -0.1) is 0 Å². The maximum atomic E-state index is 12.8. The largest absolute Gasteiger partial charge is 0.342 e. The van der Waals surface area contributed by atoms with Crippen molar-refractivity contribution in [2.45, 2.75) is 88.0 Å². The van der Waals surface area contributed by atoms with Gasteiger partial charge in [-0.3, -0.25) is 9.59 Å². The number of likely N-dealkylation sites (tertiary alicyclic amines) is 2. The smallest absolute Gasteiger partial charge is 0.227 e. The first-order valence-electron chi connectivity index (χ1n) is 11.8. The minimum atomic E-state index is -0.309. The van der Waals surface area contributed by atoms with Crippen molar-refractivity contribution in [3.8, 4) is 0 Å². The van der Waals surface area contributed by atoms with Crippen molar-refractivity contribution >= 4 is 11.8 Å². The number of amides is 2. The second kappa shape index (κ2) is 8.59. The average Bonchev–Trinajstić information content (AvgIpc) is 3.00. The number of hydrogen-bond acceptors (Lipinski definition) is 2. The Morgan fingerprint density at radius 3 is 2.07 bits per heavy atom. The van der Waals surface area contributed by atoms with Gasteiger partial charge in [-0.2, -0.15) is 0 Å². The molecule has 29 heavy (non-hydrogen) atoms. The maximum Gasteiger partial charge on any atom is 0.227 e. The number of carbonyl (C=O) groups excluding carboxylic acids is 2. The van der Waals surface area contributed by atoms with Crippen molar-refractivity contribution < 1.29 is 9.59 Å². The molecule has 2 aliphatic rings.